The van der Waals surface area contributed by atoms with Gasteiger partial charge in [0, 0.05) is 11.1 Å². The van der Waals surface area contributed by atoms with Crippen molar-refractivity contribution in [1.82, 2.24) is 0 Å². The third kappa shape index (κ3) is 3.81. The second kappa shape index (κ2) is 7.61. The van der Waals surface area contributed by atoms with Crippen LogP contribution in [0.5, 0.6) is 23.0 Å². The highest BCUT2D eigenvalue weighted by molar-refractivity contribution is 5.75. The highest BCUT2D eigenvalue weighted by Gasteiger charge is 2.44. The van der Waals surface area contributed by atoms with Crippen LogP contribution in [0.15, 0.2) is 60.7 Å². The lowest BCUT2D eigenvalue weighted by Crippen LogP contribution is -2.06. The molecule has 0 heterocycles. The summed E-state index contributed by atoms with van der Waals surface area (Å²) in [6.45, 7) is 0. The first kappa shape index (κ1) is 19.4. The minimum Gasteiger partial charge on any atom is -0.508 e. The van der Waals surface area contributed by atoms with Crippen LogP contribution in [-0.4, -0.2) is 16.2 Å². The molecule has 0 saturated heterocycles. The molecule has 0 radical (unpaired) electrons. The summed E-state index contributed by atoms with van der Waals surface area (Å²) >= 11 is 0. The third-order valence-electron chi connectivity index (χ3n) is 6.00. The molecule has 1 fully saturated rings. The quantitative estimate of drug-likeness (QED) is 0.545. The summed E-state index contributed by atoms with van der Waals surface area (Å²) < 4.78 is 26.7. The minimum absolute atomic E-state index is 0.0656. The normalized spacial score (nSPS) is 21.4. The zero-order valence-corrected chi connectivity index (χ0v) is 16.6. The van der Waals surface area contributed by atoms with E-state index in [0.717, 1.165) is 11.1 Å². The van der Waals surface area contributed by atoms with Gasteiger partial charge >= 0.3 is 5.97 Å². The second-order valence-corrected chi connectivity index (χ2v) is 8.03. The van der Waals surface area contributed by atoms with Gasteiger partial charge in [0.1, 0.15) is 34.9 Å². The Morgan fingerprint density at radius 1 is 0.968 bits per heavy atom. The molecule has 3 aromatic carbocycles. The van der Waals surface area contributed by atoms with E-state index in [1.807, 2.05) is 24.3 Å². The number of phenolic OH excluding ortho intramolecular Hbond substituents is 1. The molecule has 3 aromatic rings. The van der Waals surface area contributed by atoms with Gasteiger partial charge in [0.15, 0.2) is 0 Å². The topological polar surface area (TPSA) is 76.0 Å². The fourth-order valence-corrected chi connectivity index (χ4v) is 4.29. The number of benzene rings is 3. The summed E-state index contributed by atoms with van der Waals surface area (Å²) in [6.07, 6.45) is 1.51. The molecule has 6 heteroatoms. The Labute approximate surface area is 178 Å². The number of fused-ring (bicyclic) bond motifs is 1. The first-order chi connectivity index (χ1) is 15.0. The molecule has 0 unspecified atom stereocenters. The molecule has 2 aliphatic carbocycles. The largest absolute Gasteiger partial charge is 0.508 e. The van der Waals surface area contributed by atoms with E-state index >= 15 is 0 Å². The zero-order chi connectivity index (χ0) is 21.5. The van der Waals surface area contributed by atoms with E-state index in [1.165, 1.54) is 18.2 Å². The molecule has 5 rings (SSSR count). The van der Waals surface area contributed by atoms with Gasteiger partial charge in [-0.25, -0.2) is 4.39 Å². The van der Waals surface area contributed by atoms with Crippen LogP contribution in [0.2, 0.25) is 0 Å². The van der Waals surface area contributed by atoms with Crippen molar-refractivity contribution >= 4 is 5.97 Å². The highest BCUT2D eigenvalue weighted by Crippen LogP contribution is 2.48. The third-order valence-corrected chi connectivity index (χ3v) is 6.00. The van der Waals surface area contributed by atoms with Crippen LogP contribution in [0.1, 0.15) is 41.6 Å². The van der Waals surface area contributed by atoms with Gasteiger partial charge in [0.05, 0.1) is 5.92 Å². The van der Waals surface area contributed by atoms with Gasteiger partial charge < -0.3 is 19.7 Å². The van der Waals surface area contributed by atoms with E-state index in [9.17, 15) is 14.3 Å². The molecule has 0 spiro atoms. The fourth-order valence-electron chi connectivity index (χ4n) is 4.29. The number of carboxylic acids is 1. The predicted octanol–water partition coefficient (Wildman–Crippen LogP) is 5.58. The van der Waals surface area contributed by atoms with E-state index in [4.69, 9.17) is 14.6 Å². The molecule has 1 saturated carbocycles. The van der Waals surface area contributed by atoms with Crippen LogP contribution in [0.3, 0.4) is 0 Å². The van der Waals surface area contributed by atoms with Crippen molar-refractivity contribution in [2.75, 3.05) is 0 Å². The van der Waals surface area contributed by atoms with Crippen LogP contribution in [0.4, 0.5) is 4.39 Å². The Hall–Kier alpha value is -3.54. The summed E-state index contributed by atoms with van der Waals surface area (Å²) in [6, 6.07) is 16.8. The Balaban J connectivity index is 1.33. The lowest BCUT2D eigenvalue weighted by Gasteiger charge is -2.17. The molecule has 0 aliphatic heterocycles. The van der Waals surface area contributed by atoms with Crippen LogP contribution < -0.4 is 9.47 Å². The second-order valence-electron chi connectivity index (χ2n) is 8.03. The number of aromatic hydroxyl groups is 1. The van der Waals surface area contributed by atoms with Crippen LogP contribution in [0.25, 0.3) is 0 Å². The van der Waals surface area contributed by atoms with Crippen molar-refractivity contribution in [3.05, 3.63) is 83.2 Å². The number of carbonyl (C=O) groups is 1. The predicted molar refractivity (Wildman–Crippen MR) is 111 cm³/mol. The summed E-state index contributed by atoms with van der Waals surface area (Å²) in [7, 11) is 0. The van der Waals surface area contributed by atoms with Crippen LogP contribution in [0, 0.1) is 11.7 Å². The summed E-state index contributed by atoms with van der Waals surface area (Å²) in [5, 5.41) is 18.5. The van der Waals surface area contributed by atoms with Crippen molar-refractivity contribution in [2.24, 2.45) is 5.92 Å². The van der Waals surface area contributed by atoms with Crippen molar-refractivity contribution in [3.8, 4) is 23.0 Å². The first-order valence-electron chi connectivity index (χ1n) is 10.3. The molecule has 5 nitrogen and oxygen atoms in total. The smallest absolute Gasteiger partial charge is 0.307 e. The lowest BCUT2D eigenvalue weighted by molar-refractivity contribution is -0.138. The number of halogens is 1. The van der Waals surface area contributed by atoms with Gasteiger partial charge in [-0.3, -0.25) is 4.79 Å². The maximum Gasteiger partial charge on any atom is 0.307 e. The van der Waals surface area contributed by atoms with Crippen molar-refractivity contribution < 1.29 is 28.9 Å². The number of ether oxygens (including phenoxy) is 2. The number of hydrogen-bond acceptors (Lipinski definition) is 4. The van der Waals surface area contributed by atoms with Crippen molar-refractivity contribution in [2.45, 2.75) is 31.3 Å². The molecule has 0 amide bonds. The molecule has 3 atom stereocenters. The highest BCUT2D eigenvalue weighted by atomic mass is 19.1. The van der Waals surface area contributed by atoms with Gasteiger partial charge in [-0.1, -0.05) is 12.1 Å². The number of phenols is 1. The molecule has 2 N–H and O–H groups in total. The molecule has 31 heavy (non-hydrogen) atoms. The Kier molecular flexibility index (Phi) is 4.77. The first-order valence-corrected chi connectivity index (χ1v) is 10.3. The minimum atomic E-state index is -0.756. The molecule has 0 aromatic heterocycles. The number of aliphatic carboxylic acids is 1. The fraction of sp³-hybridized carbons (Fsp3) is 0.240. The molecule has 158 valence electrons. The monoisotopic (exact) mass is 420 g/mol. The SMILES string of the molecule is O=C(O)[C@H]1C[C@@H]1c1ccc(O[C@@H]2CCc3c(Oc4ccc(O)cc4)ccc(F)c32)cc1. The molecule has 0 bridgehead atoms. The lowest BCUT2D eigenvalue weighted by atomic mass is 10.1. The average Bonchev–Trinajstić information content (AvgIpc) is 3.46. The average molecular weight is 420 g/mol. The Morgan fingerprint density at radius 3 is 2.35 bits per heavy atom. The standard InChI is InChI=1S/C25H21FO5/c26-21-10-12-22(30-17-7-3-15(27)4-8-17)18-9-11-23(24(18)21)31-16-5-1-14(2-6-16)19-13-20(19)25(28)29/h1-8,10,12,19-20,23,27H,9,11,13H2,(H,28,29)/t19-,20+,23-/m1/s1. The Morgan fingerprint density at radius 2 is 1.68 bits per heavy atom. The van der Waals surface area contributed by atoms with E-state index in [2.05, 4.69) is 0 Å². The molecular weight excluding hydrogens is 399 g/mol. The van der Waals surface area contributed by atoms with Gasteiger partial charge in [-0.15, -0.1) is 0 Å². The van der Waals surface area contributed by atoms with Gasteiger partial charge in [0.2, 0.25) is 0 Å². The van der Waals surface area contributed by atoms with Crippen molar-refractivity contribution in [3.63, 3.8) is 0 Å². The summed E-state index contributed by atoms with van der Waals surface area (Å²) in [5.74, 6) is 0.603. The number of hydrogen-bond donors (Lipinski definition) is 2. The van der Waals surface area contributed by atoms with Gasteiger partial charge in [-0.2, -0.15) is 0 Å². The van der Waals surface area contributed by atoms with Crippen molar-refractivity contribution in [1.29, 1.82) is 0 Å². The molecule has 2 aliphatic rings. The van der Waals surface area contributed by atoms with E-state index in [0.29, 0.717) is 42.1 Å². The maximum absolute atomic E-state index is 14.7. The maximum atomic E-state index is 14.7. The summed E-state index contributed by atoms with van der Waals surface area (Å²) in [4.78, 5) is 11.1. The van der Waals surface area contributed by atoms with Gasteiger partial charge in [-0.05, 0) is 79.3 Å². The molecular formula is C25H21FO5. The van der Waals surface area contributed by atoms with Crippen LogP contribution in [-0.2, 0) is 11.2 Å². The van der Waals surface area contributed by atoms with E-state index in [1.54, 1.807) is 18.2 Å². The number of carboxylic acid groups (broad SMARTS) is 1. The van der Waals surface area contributed by atoms with Crippen LogP contribution >= 0.6 is 0 Å². The van der Waals surface area contributed by atoms with Gasteiger partial charge in [0.25, 0.3) is 0 Å². The van der Waals surface area contributed by atoms with E-state index < -0.39 is 12.1 Å². The zero-order valence-electron chi connectivity index (χ0n) is 16.6. The van der Waals surface area contributed by atoms with E-state index in [-0.39, 0.29) is 23.4 Å². The summed E-state index contributed by atoms with van der Waals surface area (Å²) in [5.41, 5.74) is 2.29. The Bertz CT molecular complexity index is 1120. The number of rotatable bonds is 6.